The Balaban J connectivity index is 4.47. The molecule has 0 radical (unpaired) electrons. The molecular weight excluding hydrogens is 356 g/mol. The number of carboxylic acids is 1. The van der Waals surface area contributed by atoms with E-state index in [2.05, 4.69) is 78.8 Å². The van der Waals surface area contributed by atoms with Gasteiger partial charge in [0.2, 0.25) is 0 Å². The zero-order valence-corrected chi connectivity index (χ0v) is 20.0. The predicted octanol–water partition coefficient (Wildman–Crippen LogP) is 8.58. The lowest BCUT2D eigenvalue weighted by molar-refractivity contribution is -0.141. The lowest BCUT2D eigenvalue weighted by Gasteiger charge is -2.09. The topological polar surface area (TPSA) is 37.3 Å². The summed E-state index contributed by atoms with van der Waals surface area (Å²) in [6.45, 7) is 14.9. The SMILES string of the molecule is CC(C)=CCCC(C)=CCCC(C)=CCC(CC=C(C)CCC=C(C)C)C(=O)O. The smallest absolute Gasteiger partial charge is 0.307 e. The number of rotatable bonds is 14. The molecule has 0 aromatic rings. The van der Waals surface area contributed by atoms with Crippen LogP contribution in [-0.4, -0.2) is 11.1 Å². The Morgan fingerprint density at radius 2 is 0.966 bits per heavy atom. The van der Waals surface area contributed by atoms with Crippen LogP contribution < -0.4 is 0 Å². The van der Waals surface area contributed by atoms with Crippen molar-refractivity contribution in [3.63, 3.8) is 0 Å². The second-order valence-corrected chi connectivity index (χ2v) is 8.84. The molecule has 1 N–H and O–H groups in total. The fraction of sp³-hybridized carbons (Fsp3) is 0.593. The molecule has 0 fully saturated rings. The number of allylic oxidation sites excluding steroid dienone is 10. The molecule has 0 amide bonds. The largest absolute Gasteiger partial charge is 0.481 e. The third kappa shape index (κ3) is 16.8. The Morgan fingerprint density at radius 1 is 0.621 bits per heavy atom. The van der Waals surface area contributed by atoms with Gasteiger partial charge in [0, 0.05) is 0 Å². The Bertz CT molecular complexity index is 633. The predicted molar refractivity (Wildman–Crippen MR) is 128 cm³/mol. The molecule has 0 bridgehead atoms. The molecule has 0 aliphatic carbocycles. The van der Waals surface area contributed by atoms with Crippen molar-refractivity contribution in [3.8, 4) is 0 Å². The molecule has 1 unspecified atom stereocenters. The minimum Gasteiger partial charge on any atom is -0.481 e. The van der Waals surface area contributed by atoms with E-state index in [0.29, 0.717) is 12.8 Å². The van der Waals surface area contributed by atoms with Crippen molar-refractivity contribution in [2.45, 2.75) is 99.8 Å². The second-order valence-electron chi connectivity index (χ2n) is 8.84. The lowest BCUT2D eigenvalue weighted by Crippen LogP contribution is -2.12. The number of hydrogen-bond acceptors (Lipinski definition) is 1. The molecule has 0 heterocycles. The van der Waals surface area contributed by atoms with Gasteiger partial charge in [-0.1, -0.05) is 58.2 Å². The van der Waals surface area contributed by atoms with E-state index in [1.807, 2.05) is 0 Å². The summed E-state index contributed by atoms with van der Waals surface area (Å²) in [5.41, 5.74) is 6.71. The summed E-state index contributed by atoms with van der Waals surface area (Å²) < 4.78 is 0. The molecule has 0 spiro atoms. The van der Waals surface area contributed by atoms with Crippen molar-refractivity contribution >= 4 is 5.97 Å². The highest BCUT2D eigenvalue weighted by Gasteiger charge is 2.14. The van der Waals surface area contributed by atoms with E-state index in [1.165, 1.54) is 27.9 Å². The monoisotopic (exact) mass is 400 g/mol. The van der Waals surface area contributed by atoms with Crippen LogP contribution in [0.15, 0.2) is 58.2 Å². The molecule has 0 aliphatic heterocycles. The molecule has 0 aliphatic rings. The van der Waals surface area contributed by atoms with Gasteiger partial charge < -0.3 is 5.11 Å². The minimum atomic E-state index is -0.697. The van der Waals surface area contributed by atoms with Crippen LogP contribution in [0.1, 0.15) is 99.8 Å². The standard InChI is InChI=1S/C27H44O2/c1-21(2)11-8-13-23(5)15-10-16-25(7)18-20-26(27(28)29)19-17-24(6)14-9-12-22(3)4/h11-12,15,17-18,26H,8-10,13-14,16,19-20H2,1-7H3,(H,28,29). The fourth-order valence-electron chi connectivity index (χ4n) is 3.01. The molecule has 164 valence electrons. The second kappa shape index (κ2) is 16.0. The van der Waals surface area contributed by atoms with Crippen LogP contribution in [0.5, 0.6) is 0 Å². The highest BCUT2D eigenvalue weighted by atomic mass is 16.4. The number of carbonyl (C=O) groups is 1. The van der Waals surface area contributed by atoms with Crippen LogP contribution in [0.25, 0.3) is 0 Å². The first kappa shape index (κ1) is 27.2. The van der Waals surface area contributed by atoms with Crippen LogP contribution >= 0.6 is 0 Å². The third-order valence-electron chi connectivity index (χ3n) is 5.06. The van der Waals surface area contributed by atoms with Crippen molar-refractivity contribution < 1.29 is 9.90 Å². The van der Waals surface area contributed by atoms with Gasteiger partial charge in [-0.15, -0.1) is 0 Å². The average Bonchev–Trinajstić information content (AvgIpc) is 2.60. The van der Waals surface area contributed by atoms with E-state index in [9.17, 15) is 9.90 Å². The fourth-order valence-corrected chi connectivity index (χ4v) is 3.01. The van der Waals surface area contributed by atoms with Gasteiger partial charge >= 0.3 is 5.97 Å². The Hall–Kier alpha value is -1.83. The summed E-state index contributed by atoms with van der Waals surface area (Å²) in [5, 5.41) is 9.54. The van der Waals surface area contributed by atoms with Crippen molar-refractivity contribution in [2.24, 2.45) is 5.92 Å². The van der Waals surface area contributed by atoms with Crippen molar-refractivity contribution in [1.82, 2.24) is 0 Å². The van der Waals surface area contributed by atoms with Crippen molar-refractivity contribution in [3.05, 3.63) is 58.2 Å². The van der Waals surface area contributed by atoms with Gasteiger partial charge in [0.05, 0.1) is 5.92 Å². The summed E-state index contributed by atoms with van der Waals surface area (Å²) in [4.78, 5) is 11.6. The highest BCUT2D eigenvalue weighted by Crippen LogP contribution is 2.18. The van der Waals surface area contributed by atoms with E-state index in [4.69, 9.17) is 0 Å². The minimum absolute atomic E-state index is 0.329. The number of carboxylic acid groups (broad SMARTS) is 1. The average molecular weight is 401 g/mol. The Morgan fingerprint density at radius 3 is 1.31 bits per heavy atom. The summed E-state index contributed by atoms with van der Waals surface area (Å²) in [6, 6.07) is 0. The van der Waals surface area contributed by atoms with Gasteiger partial charge in [-0.05, 0) is 99.8 Å². The van der Waals surface area contributed by atoms with E-state index in [1.54, 1.807) is 0 Å². The zero-order valence-electron chi connectivity index (χ0n) is 20.0. The van der Waals surface area contributed by atoms with Crippen molar-refractivity contribution in [1.29, 1.82) is 0 Å². The van der Waals surface area contributed by atoms with Gasteiger partial charge in [0.1, 0.15) is 0 Å². The van der Waals surface area contributed by atoms with E-state index >= 15 is 0 Å². The van der Waals surface area contributed by atoms with Gasteiger partial charge in [0.25, 0.3) is 0 Å². The van der Waals surface area contributed by atoms with Gasteiger partial charge in [-0.3, -0.25) is 4.79 Å². The quantitative estimate of drug-likeness (QED) is 0.296. The molecule has 1 atom stereocenters. The van der Waals surface area contributed by atoms with Gasteiger partial charge in [0.15, 0.2) is 0 Å². The van der Waals surface area contributed by atoms with Crippen molar-refractivity contribution in [2.75, 3.05) is 0 Å². The molecule has 0 aromatic carbocycles. The Kier molecular flexibility index (Phi) is 15.0. The van der Waals surface area contributed by atoms with Crippen LogP contribution in [0.2, 0.25) is 0 Å². The van der Waals surface area contributed by atoms with Gasteiger partial charge in [-0.25, -0.2) is 0 Å². The zero-order chi connectivity index (χ0) is 22.2. The molecular formula is C27H44O2. The highest BCUT2D eigenvalue weighted by molar-refractivity contribution is 5.70. The first-order valence-electron chi connectivity index (χ1n) is 11.1. The molecule has 0 rings (SSSR count). The molecule has 2 nitrogen and oxygen atoms in total. The maximum Gasteiger partial charge on any atom is 0.307 e. The van der Waals surface area contributed by atoms with Crippen LogP contribution in [0.3, 0.4) is 0 Å². The Labute approximate surface area is 180 Å². The van der Waals surface area contributed by atoms with Crippen LogP contribution in [0, 0.1) is 5.92 Å². The molecule has 29 heavy (non-hydrogen) atoms. The molecule has 0 aromatic heterocycles. The number of hydrogen-bond donors (Lipinski definition) is 1. The van der Waals surface area contributed by atoms with Crippen LogP contribution in [0.4, 0.5) is 0 Å². The van der Waals surface area contributed by atoms with E-state index in [-0.39, 0.29) is 5.92 Å². The number of aliphatic carboxylic acids is 1. The third-order valence-corrected chi connectivity index (χ3v) is 5.06. The maximum atomic E-state index is 11.6. The van der Waals surface area contributed by atoms with Gasteiger partial charge in [-0.2, -0.15) is 0 Å². The molecule has 2 heteroatoms. The molecule has 0 saturated carbocycles. The maximum absolute atomic E-state index is 11.6. The van der Waals surface area contributed by atoms with Crippen LogP contribution in [-0.2, 0) is 4.79 Å². The summed E-state index contributed by atoms with van der Waals surface area (Å²) in [7, 11) is 0. The molecule has 0 saturated heterocycles. The summed E-state index contributed by atoms with van der Waals surface area (Å²) >= 11 is 0. The first-order valence-corrected chi connectivity index (χ1v) is 11.1. The lowest BCUT2D eigenvalue weighted by atomic mass is 9.97. The van der Waals surface area contributed by atoms with E-state index < -0.39 is 5.97 Å². The normalized spacial score (nSPS) is 13.8. The first-order chi connectivity index (χ1) is 13.6. The van der Waals surface area contributed by atoms with E-state index in [0.717, 1.165) is 38.5 Å². The summed E-state index contributed by atoms with van der Waals surface area (Å²) in [5.74, 6) is -1.03. The summed E-state index contributed by atoms with van der Waals surface area (Å²) in [6.07, 6.45) is 18.6.